The van der Waals surface area contributed by atoms with E-state index in [1.54, 1.807) is 6.07 Å². The molecular formula is C17H21N3O6S. The average Bonchev–Trinajstić information content (AvgIpc) is 3.33. The summed E-state index contributed by atoms with van der Waals surface area (Å²) in [6.07, 6.45) is 0.300. The molecule has 0 aliphatic carbocycles. The summed E-state index contributed by atoms with van der Waals surface area (Å²) in [4.78, 5) is 11.9. The molecule has 10 heteroatoms. The number of aliphatic carboxylic acids is 1. The molecule has 2 aliphatic rings. The normalized spacial score (nSPS) is 26.2. The lowest BCUT2D eigenvalue weighted by atomic mass is 9.74. The number of nitrogens with one attached hydrogen (secondary N) is 1. The van der Waals surface area contributed by atoms with Crippen molar-refractivity contribution in [2.45, 2.75) is 25.4 Å². The lowest BCUT2D eigenvalue weighted by Crippen LogP contribution is -2.45. The number of hydrogen-bond donors (Lipinski definition) is 2. The van der Waals surface area contributed by atoms with Gasteiger partial charge in [-0.05, 0) is 32.4 Å². The summed E-state index contributed by atoms with van der Waals surface area (Å²) in [6, 6.07) is 2.95. The first-order chi connectivity index (χ1) is 12.8. The smallest absolute Gasteiger partial charge is 0.311 e. The Balaban J connectivity index is 1.65. The number of H-pyrrole nitrogens is 1. The van der Waals surface area contributed by atoms with Crippen molar-refractivity contribution in [1.29, 1.82) is 0 Å². The van der Waals surface area contributed by atoms with Crippen LogP contribution in [0.5, 0.6) is 0 Å². The van der Waals surface area contributed by atoms with Gasteiger partial charge in [-0.2, -0.15) is 9.40 Å². The van der Waals surface area contributed by atoms with Gasteiger partial charge in [-0.25, -0.2) is 8.42 Å². The largest absolute Gasteiger partial charge is 0.481 e. The molecule has 2 saturated heterocycles. The standard InChI is InChI=1S/C17H21N3O6S/c1-10-11(2)18-19-15(10)13-3-4-14(26-13)27(23,24)20-7-12-8-25-6-5-17(12,9-20)16(21)22/h3-4,12H,5-9H2,1-2H3,(H,18,19)(H,21,22)/t12-,17+/m1/s1. The quantitative estimate of drug-likeness (QED) is 0.801. The maximum Gasteiger partial charge on any atom is 0.311 e. The molecule has 2 aliphatic heterocycles. The molecule has 4 rings (SSSR count). The van der Waals surface area contributed by atoms with E-state index in [-0.39, 0.29) is 30.7 Å². The van der Waals surface area contributed by atoms with Crippen LogP contribution >= 0.6 is 0 Å². The number of sulfonamides is 1. The maximum atomic E-state index is 13.0. The van der Waals surface area contributed by atoms with Gasteiger partial charge in [-0.3, -0.25) is 9.89 Å². The zero-order valence-corrected chi connectivity index (χ0v) is 15.9. The van der Waals surface area contributed by atoms with Crippen molar-refractivity contribution in [2.75, 3.05) is 26.3 Å². The average molecular weight is 395 g/mol. The fourth-order valence-corrected chi connectivity index (χ4v) is 5.34. The number of aryl methyl sites for hydroxylation is 1. The number of aromatic amines is 1. The third-order valence-electron chi connectivity index (χ3n) is 5.76. The molecule has 2 aromatic rings. The van der Waals surface area contributed by atoms with E-state index in [2.05, 4.69) is 10.2 Å². The summed E-state index contributed by atoms with van der Waals surface area (Å²) >= 11 is 0. The van der Waals surface area contributed by atoms with Crippen molar-refractivity contribution in [1.82, 2.24) is 14.5 Å². The number of ether oxygens (including phenoxy) is 1. The van der Waals surface area contributed by atoms with Gasteiger partial charge in [0.25, 0.3) is 10.0 Å². The number of aromatic nitrogens is 2. The molecule has 0 spiro atoms. The summed E-state index contributed by atoms with van der Waals surface area (Å²) in [7, 11) is -3.95. The fourth-order valence-electron chi connectivity index (χ4n) is 3.87. The van der Waals surface area contributed by atoms with E-state index in [4.69, 9.17) is 9.15 Å². The van der Waals surface area contributed by atoms with E-state index in [1.165, 1.54) is 10.4 Å². The number of carboxylic acid groups (broad SMARTS) is 1. The van der Waals surface area contributed by atoms with E-state index in [9.17, 15) is 18.3 Å². The van der Waals surface area contributed by atoms with Crippen LogP contribution in [0, 0.1) is 25.2 Å². The van der Waals surface area contributed by atoms with Crippen molar-refractivity contribution < 1.29 is 27.5 Å². The zero-order valence-electron chi connectivity index (χ0n) is 15.1. The predicted molar refractivity (Wildman–Crippen MR) is 93.5 cm³/mol. The van der Waals surface area contributed by atoms with Gasteiger partial charge in [-0.15, -0.1) is 0 Å². The molecule has 0 unspecified atom stereocenters. The lowest BCUT2D eigenvalue weighted by Gasteiger charge is -2.34. The third-order valence-corrected chi connectivity index (χ3v) is 7.45. The Morgan fingerprint density at radius 1 is 1.41 bits per heavy atom. The van der Waals surface area contributed by atoms with Gasteiger partial charge < -0.3 is 14.3 Å². The minimum absolute atomic E-state index is 0.0741. The van der Waals surface area contributed by atoms with E-state index in [0.29, 0.717) is 24.5 Å². The Morgan fingerprint density at radius 2 is 2.19 bits per heavy atom. The molecular weight excluding hydrogens is 374 g/mol. The van der Waals surface area contributed by atoms with E-state index < -0.39 is 21.4 Å². The molecule has 0 bridgehead atoms. The van der Waals surface area contributed by atoms with Crippen LogP contribution in [0.2, 0.25) is 0 Å². The molecule has 0 radical (unpaired) electrons. The first-order valence-electron chi connectivity index (χ1n) is 8.69. The Labute approximate surface area is 156 Å². The molecule has 27 heavy (non-hydrogen) atoms. The van der Waals surface area contributed by atoms with Gasteiger partial charge in [0.05, 0.1) is 12.0 Å². The number of furan rings is 1. The molecule has 146 valence electrons. The molecule has 4 heterocycles. The van der Waals surface area contributed by atoms with Crippen molar-refractivity contribution in [2.24, 2.45) is 11.3 Å². The SMILES string of the molecule is Cc1[nH]nc(-c2ccc(S(=O)(=O)N3C[C@@H]4COCC[C@]4(C(=O)O)C3)o2)c1C. The second-order valence-corrected chi connectivity index (χ2v) is 9.09. The molecule has 9 nitrogen and oxygen atoms in total. The molecule has 0 aromatic carbocycles. The molecule has 2 N–H and O–H groups in total. The minimum atomic E-state index is -3.95. The number of rotatable bonds is 4. The van der Waals surface area contributed by atoms with Gasteiger partial charge in [0.2, 0.25) is 5.09 Å². The van der Waals surface area contributed by atoms with Crippen LogP contribution in [0.15, 0.2) is 21.6 Å². The van der Waals surface area contributed by atoms with Gasteiger partial charge in [0.15, 0.2) is 5.76 Å². The predicted octanol–water partition coefficient (Wildman–Crippen LogP) is 1.40. The fraction of sp³-hybridized carbons (Fsp3) is 0.529. The number of hydrogen-bond acceptors (Lipinski definition) is 6. The summed E-state index contributed by atoms with van der Waals surface area (Å²) in [5, 5.41) is 16.5. The summed E-state index contributed by atoms with van der Waals surface area (Å²) in [6.45, 7) is 4.33. The summed E-state index contributed by atoms with van der Waals surface area (Å²) in [5.74, 6) is -0.997. The third kappa shape index (κ3) is 2.70. The number of fused-ring (bicyclic) bond motifs is 1. The first kappa shape index (κ1) is 18.2. The van der Waals surface area contributed by atoms with Crippen LogP contribution in [0.1, 0.15) is 17.7 Å². The Morgan fingerprint density at radius 3 is 2.81 bits per heavy atom. The van der Waals surface area contributed by atoms with Crippen LogP contribution in [0.25, 0.3) is 11.5 Å². The van der Waals surface area contributed by atoms with Crippen LogP contribution < -0.4 is 0 Å². The highest BCUT2D eigenvalue weighted by Gasteiger charge is 2.56. The monoisotopic (exact) mass is 395 g/mol. The molecule has 0 saturated carbocycles. The van der Waals surface area contributed by atoms with E-state index >= 15 is 0 Å². The zero-order chi connectivity index (χ0) is 19.4. The number of carbonyl (C=O) groups is 1. The summed E-state index contributed by atoms with van der Waals surface area (Å²) in [5.41, 5.74) is 1.20. The van der Waals surface area contributed by atoms with Crippen LogP contribution in [0.3, 0.4) is 0 Å². The highest BCUT2D eigenvalue weighted by atomic mass is 32.2. The lowest BCUT2D eigenvalue weighted by molar-refractivity contribution is -0.157. The van der Waals surface area contributed by atoms with Gasteiger partial charge >= 0.3 is 5.97 Å². The second-order valence-electron chi connectivity index (χ2n) is 7.22. The van der Waals surface area contributed by atoms with Crippen LogP contribution in [0.4, 0.5) is 0 Å². The van der Waals surface area contributed by atoms with Crippen LogP contribution in [-0.2, 0) is 19.6 Å². The number of nitrogens with zero attached hydrogens (tertiary/aromatic N) is 2. The van der Waals surface area contributed by atoms with Gasteiger partial charge in [0.1, 0.15) is 5.69 Å². The highest BCUT2D eigenvalue weighted by molar-refractivity contribution is 7.89. The van der Waals surface area contributed by atoms with Crippen molar-refractivity contribution in [3.05, 3.63) is 23.4 Å². The minimum Gasteiger partial charge on any atom is -0.481 e. The Bertz CT molecular complexity index is 994. The Hall–Kier alpha value is -2.17. The van der Waals surface area contributed by atoms with Gasteiger partial charge in [-0.1, -0.05) is 0 Å². The Kier molecular flexibility index (Phi) is 4.17. The number of carboxylic acids is 1. The molecule has 2 atom stereocenters. The van der Waals surface area contributed by atoms with E-state index in [0.717, 1.165) is 11.3 Å². The highest BCUT2D eigenvalue weighted by Crippen LogP contribution is 2.44. The second kappa shape index (κ2) is 6.18. The van der Waals surface area contributed by atoms with E-state index in [1.807, 2.05) is 13.8 Å². The van der Waals surface area contributed by atoms with Crippen molar-refractivity contribution in [3.63, 3.8) is 0 Å². The van der Waals surface area contributed by atoms with Gasteiger partial charge in [0, 0.05) is 36.9 Å². The van der Waals surface area contributed by atoms with Crippen molar-refractivity contribution >= 4 is 16.0 Å². The first-order valence-corrected chi connectivity index (χ1v) is 10.1. The molecule has 2 fully saturated rings. The van der Waals surface area contributed by atoms with Crippen LogP contribution in [-0.4, -0.2) is 60.3 Å². The van der Waals surface area contributed by atoms with Crippen molar-refractivity contribution in [3.8, 4) is 11.5 Å². The molecule has 2 aromatic heterocycles. The summed E-state index contributed by atoms with van der Waals surface area (Å²) < 4.78 is 38.3. The maximum absolute atomic E-state index is 13.0. The topological polar surface area (TPSA) is 126 Å². The molecule has 0 amide bonds.